The van der Waals surface area contributed by atoms with Gasteiger partial charge in [-0.3, -0.25) is 0 Å². The minimum absolute atomic E-state index is 0.0736. The zero-order chi connectivity index (χ0) is 15.0. The summed E-state index contributed by atoms with van der Waals surface area (Å²) in [6, 6.07) is 7.00. The molecule has 0 radical (unpaired) electrons. The Kier molecular flexibility index (Phi) is 6.27. The maximum absolute atomic E-state index is 9.11. The average molecular weight is 281 g/mol. The van der Waals surface area contributed by atoms with E-state index >= 15 is 0 Å². The maximum atomic E-state index is 9.11. The molecule has 0 saturated heterocycles. The Hall–Kier alpha value is -1.79. The smallest absolute Gasteiger partial charge is 0.170 e. The lowest BCUT2D eigenvalue weighted by Gasteiger charge is -2.21. The quantitative estimate of drug-likeness (QED) is 0.185. The first-order valence-corrected chi connectivity index (χ1v) is 6.51. The number of amidine groups is 1. The highest BCUT2D eigenvalue weighted by Crippen LogP contribution is 2.12. The molecule has 5 N–H and O–H groups in total. The standard InChI is InChI=1S/C14H23N3O3/c1-14(2,10-18)9-16-7-8-20-12-5-3-11(4-6-12)13(15)17-19/h3-6,16,18-19H,7-10H2,1-2H3,(H2,15,17). The van der Waals surface area contributed by atoms with E-state index in [2.05, 4.69) is 10.5 Å². The van der Waals surface area contributed by atoms with Crippen LogP contribution in [-0.2, 0) is 0 Å². The van der Waals surface area contributed by atoms with Gasteiger partial charge in [0.05, 0.1) is 0 Å². The zero-order valence-electron chi connectivity index (χ0n) is 12.0. The molecule has 0 atom stereocenters. The van der Waals surface area contributed by atoms with Gasteiger partial charge in [0.1, 0.15) is 12.4 Å². The molecule has 112 valence electrons. The Morgan fingerprint density at radius 3 is 2.55 bits per heavy atom. The SMILES string of the molecule is CC(C)(CO)CNCCOc1ccc(/C(N)=N/O)cc1. The lowest BCUT2D eigenvalue weighted by molar-refractivity contribution is 0.155. The molecule has 6 heteroatoms. The zero-order valence-corrected chi connectivity index (χ0v) is 12.0. The fourth-order valence-corrected chi connectivity index (χ4v) is 1.50. The second-order valence-corrected chi connectivity index (χ2v) is 5.36. The van der Waals surface area contributed by atoms with Crippen LogP contribution in [0, 0.1) is 5.41 Å². The first-order chi connectivity index (χ1) is 9.48. The topological polar surface area (TPSA) is 100 Å². The molecular weight excluding hydrogens is 258 g/mol. The minimum atomic E-state index is -0.122. The Balaban J connectivity index is 2.29. The van der Waals surface area contributed by atoms with E-state index in [0.29, 0.717) is 18.7 Å². The third kappa shape index (κ3) is 5.46. The molecule has 0 aliphatic rings. The van der Waals surface area contributed by atoms with Crippen LogP contribution in [0.2, 0.25) is 0 Å². The van der Waals surface area contributed by atoms with Crippen LogP contribution in [0.5, 0.6) is 5.75 Å². The lowest BCUT2D eigenvalue weighted by atomic mass is 9.95. The molecule has 0 aliphatic carbocycles. The van der Waals surface area contributed by atoms with Gasteiger partial charge in [-0.05, 0) is 24.3 Å². The summed E-state index contributed by atoms with van der Waals surface area (Å²) in [5.41, 5.74) is 5.99. The van der Waals surface area contributed by atoms with Gasteiger partial charge in [-0.2, -0.15) is 0 Å². The molecule has 0 saturated carbocycles. The molecule has 0 spiro atoms. The number of ether oxygens (including phenoxy) is 1. The van der Waals surface area contributed by atoms with Crippen LogP contribution in [0.1, 0.15) is 19.4 Å². The number of nitrogens with two attached hydrogens (primary N) is 1. The highest BCUT2D eigenvalue weighted by atomic mass is 16.5. The largest absolute Gasteiger partial charge is 0.492 e. The number of hydrogen-bond acceptors (Lipinski definition) is 5. The Morgan fingerprint density at radius 2 is 2.00 bits per heavy atom. The van der Waals surface area contributed by atoms with Gasteiger partial charge in [0.2, 0.25) is 0 Å². The molecule has 0 heterocycles. The second kappa shape index (κ2) is 7.72. The summed E-state index contributed by atoms with van der Waals surface area (Å²) in [4.78, 5) is 0. The number of hydrogen-bond donors (Lipinski definition) is 4. The molecule has 1 aromatic rings. The number of rotatable bonds is 8. The Bertz CT molecular complexity index is 430. The minimum Gasteiger partial charge on any atom is -0.492 e. The van der Waals surface area contributed by atoms with Crippen molar-refractivity contribution in [1.82, 2.24) is 5.32 Å². The molecule has 0 aliphatic heterocycles. The van der Waals surface area contributed by atoms with Crippen molar-refractivity contribution in [3.8, 4) is 5.75 Å². The molecule has 6 nitrogen and oxygen atoms in total. The van der Waals surface area contributed by atoms with E-state index in [0.717, 1.165) is 12.3 Å². The van der Waals surface area contributed by atoms with E-state index in [1.165, 1.54) is 0 Å². The van der Waals surface area contributed by atoms with Crippen LogP contribution in [0.25, 0.3) is 0 Å². The van der Waals surface area contributed by atoms with Crippen molar-refractivity contribution < 1.29 is 15.1 Å². The Labute approximate surface area is 119 Å². The van der Waals surface area contributed by atoms with Gasteiger partial charge < -0.3 is 26.1 Å². The van der Waals surface area contributed by atoms with Crippen LogP contribution in [0.4, 0.5) is 0 Å². The van der Waals surface area contributed by atoms with Crippen LogP contribution < -0.4 is 15.8 Å². The second-order valence-electron chi connectivity index (χ2n) is 5.36. The molecular formula is C14H23N3O3. The van der Waals surface area contributed by atoms with E-state index in [9.17, 15) is 0 Å². The summed E-state index contributed by atoms with van der Waals surface area (Å²) in [5, 5.41) is 23.8. The molecule has 0 bridgehead atoms. The van der Waals surface area contributed by atoms with Crippen molar-refractivity contribution in [1.29, 1.82) is 0 Å². The molecule has 20 heavy (non-hydrogen) atoms. The third-order valence-corrected chi connectivity index (χ3v) is 2.84. The molecule has 0 fully saturated rings. The number of benzene rings is 1. The number of aliphatic hydroxyl groups is 1. The predicted octanol–water partition coefficient (Wildman–Crippen LogP) is 0.768. The van der Waals surface area contributed by atoms with E-state index in [1.807, 2.05) is 13.8 Å². The molecule has 1 aromatic carbocycles. The molecule has 1 rings (SSSR count). The summed E-state index contributed by atoms with van der Waals surface area (Å²) < 4.78 is 5.55. The Morgan fingerprint density at radius 1 is 1.35 bits per heavy atom. The summed E-state index contributed by atoms with van der Waals surface area (Å²) in [6.07, 6.45) is 0. The van der Waals surface area contributed by atoms with Crippen molar-refractivity contribution in [3.05, 3.63) is 29.8 Å². The maximum Gasteiger partial charge on any atom is 0.170 e. The van der Waals surface area contributed by atoms with Gasteiger partial charge in [0, 0.05) is 30.7 Å². The first-order valence-electron chi connectivity index (χ1n) is 6.51. The summed E-state index contributed by atoms with van der Waals surface area (Å²) in [5.74, 6) is 0.798. The molecule has 0 aromatic heterocycles. The highest BCUT2D eigenvalue weighted by molar-refractivity contribution is 5.97. The van der Waals surface area contributed by atoms with E-state index in [-0.39, 0.29) is 17.9 Å². The average Bonchev–Trinajstić information content (AvgIpc) is 2.46. The molecule has 0 amide bonds. The van der Waals surface area contributed by atoms with Crippen LogP contribution >= 0.6 is 0 Å². The first kappa shape index (κ1) is 16.3. The van der Waals surface area contributed by atoms with Gasteiger partial charge in [0.15, 0.2) is 5.84 Å². The number of aliphatic hydroxyl groups excluding tert-OH is 1. The monoisotopic (exact) mass is 281 g/mol. The fraction of sp³-hybridized carbons (Fsp3) is 0.500. The number of nitrogens with zero attached hydrogens (tertiary/aromatic N) is 1. The highest BCUT2D eigenvalue weighted by Gasteiger charge is 2.14. The van der Waals surface area contributed by atoms with E-state index in [1.54, 1.807) is 24.3 Å². The van der Waals surface area contributed by atoms with E-state index < -0.39 is 0 Å². The summed E-state index contributed by atoms with van der Waals surface area (Å²) >= 11 is 0. The number of nitrogens with one attached hydrogen (secondary N) is 1. The van der Waals surface area contributed by atoms with Crippen molar-refractivity contribution in [2.75, 3.05) is 26.3 Å². The fourth-order valence-electron chi connectivity index (χ4n) is 1.50. The van der Waals surface area contributed by atoms with Gasteiger partial charge in [-0.15, -0.1) is 0 Å². The van der Waals surface area contributed by atoms with Crippen LogP contribution in [0.15, 0.2) is 29.4 Å². The predicted molar refractivity (Wildman–Crippen MR) is 78.2 cm³/mol. The van der Waals surface area contributed by atoms with Gasteiger partial charge in [-0.1, -0.05) is 19.0 Å². The number of oxime groups is 1. The van der Waals surface area contributed by atoms with Crippen molar-refractivity contribution >= 4 is 5.84 Å². The van der Waals surface area contributed by atoms with Crippen molar-refractivity contribution in [2.45, 2.75) is 13.8 Å². The van der Waals surface area contributed by atoms with Gasteiger partial charge in [0.25, 0.3) is 0 Å². The van der Waals surface area contributed by atoms with Gasteiger partial charge >= 0.3 is 0 Å². The van der Waals surface area contributed by atoms with Crippen LogP contribution in [-0.4, -0.2) is 42.5 Å². The van der Waals surface area contributed by atoms with Gasteiger partial charge in [-0.25, -0.2) is 0 Å². The normalized spacial score (nSPS) is 12.4. The third-order valence-electron chi connectivity index (χ3n) is 2.84. The van der Waals surface area contributed by atoms with Crippen LogP contribution in [0.3, 0.4) is 0 Å². The summed E-state index contributed by atoms with van der Waals surface area (Å²) in [7, 11) is 0. The summed E-state index contributed by atoms with van der Waals surface area (Å²) in [6.45, 7) is 6.10. The molecule has 0 unspecified atom stereocenters. The lowest BCUT2D eigenvalue weighted by Crippen LogP contribution is -2.34. The van der Waals surface area contributed by atoms with E-state index in [4.69, 9.17) is 20.8 Å². The van der Waals surface area contributed by atoms with Crippen molar-refractivity contribution in [2.24, 2.45) is 16.3 Å². The van der Waals surface area contributed by atoms with Crippen molar-refractivity contribution in [3.63, 3.8) is 0 Å².